The number of fused-ring (bicyclic) bond motifs is 13. The average molecular weight is 879 g/mol. The molecule has 0 heterocycles. The topological polar surface area (TPSA) is 0 Å². The van der Waals surface area contributed by atoms with E-state index in [4.69, 9.17) is 0 Å². The molecule has 0 nitrogen and oxygen atoms in total. The van der Waals surface area contributed by atoms with E-state index in [1.807, 2.05) is 0 Å². The van der Waals surface area contributed by atoms with Crippen molar-refractivity contribution in [2.24, 2.45) is 0 Å². The molecule has 0 saturated carbocycles. The van der Waals surface area contributed by atoms with Gasteiger partial charge in [0.15, 0.2) is 0 Å². The Labute approximate surface area is 402 Å². The molecule has 16 aromatic carbocycles. The standard InChI is InChI=1S/C70H38/c1-5-16-39(17-6-1)43-28-29-44(40-18-7-2-8-19-40)63-54-35-31-49-51-33-37-56-67-55(36-32-50(65(51)67)48-30-34-53(62(43)63)66(54)64(48)49)69-59(41-20-9-3-10-21-41)58-38-57-46-25-14-13-24-45(46)47-26-15-27-52(61(47)57)68(58)60(70(56)69)42-22-11-4-12-23-42/h1-38H. The Morgan fingerprint density at radius 3 is 1.06 bits per heavy atom. The lowest BCUT2D eigenvalue weighted by Crippen LogP contribution is -1.91. The average Bonchev–Trinajstić information content (AvgIpc) is 4.08. The van der Waals surface area contributed by atoms with Crippen molar-refractivity contribution in [3.63, 3.8) is 0 Å². The van der Waals surface area contributed by atoms with Crippen LogP contribution in [0.3, 0.4) is 0 Å². The Kier molecular flexibility index (Phi) is 7.03. The van der Waals surface area contributed by atoms with Crippen molar-refractivity contribution in [2.45, 2.75) is 0 Å². The Morgan fingerprint density at radius 1 is 0.143 bits per heavy atom. The van der Waals surface area contributed by atoms with Crippen LogP contribution >= 0.6 is 0 Å². The molecule has 0 fully saturated rings. The molecular weight excluding hydrogens is 841 g/mol. The third kappa shape index (κ3) is 4.52. The predicted octanol–water partition coefficient (Wildman–Crippen LogP) is 19.8. The maximum Gasteiger partial charge on any atom is -0.000718 e. The van der Waals surface area contributed by atoms with E-state index in [0.29, 0.717) is 0 Å². The minimum absolute atomic E-state index is 1.24. The lowest BCUT2D eigenvalue weighted by atomic mass is 9.84. The van der Waals surface area contributed by atoms with E-state index in [-0.39, 0.29) is 0 Å². The molecule has 0 bridgehead atoms. The molecular formula is C70H38. The summed E-state index contributed by atoms with van der Waals surface area (Å²) >= 11 is 0. The van der Waals surface area contributed by atoms with Crippen LogP contribution in [0.15, 0.2) is 231 Å². The van der Waals surface area contributed by atoms with Crippen molar-refractivity contribution in [2.75, 3.05) is 0 Å². The zero-order valence-electron chi connectivity index (χ0n) is 37.9. The maximum atomic E-state index is 2.54. The summed E-state index contributed by atoms with van der Waals surface area (Å²) in [6.45, 7) is 0. The van der Waals surface area contributed by atoms with Crippen LogP contribution in [0.1, 0.15) is 0 Å². The number of rotatable bonds is 4. The predicted molar refractivity (Wildman–Crippen MR) is 301 cm³/mol. The van der Waals surface area contributed by atoms with Crippen molar-refractivity contribution in [1.29, 1.82) is 0 Å². The van der Waals surface area contributed by atoms with Gasteiger partial charge in [-0.15, -0.1) is 0 Å². The molecule has 1 aliphatic carbocycles. The van der Waals surface area contributed by atoms with Crippen LogP contribution < -0.4 is 0 Å². The molecule has 318 valence electrons. The van der Waals surface area contributed by atoms with Crippen LogP contribution in [-0.2, 0) is 0 Å². The second-order valence-corrected chi connectivity index (χ2v) is 19.6. The van der Waals surface area contributed by atoms with Crippen molar-refractivity contribution < 1.29 is 0 Å². The van der Waals surface area contributed by atoms with E-state index in [0.717, 1.165) is 0 Å². The van der Waals surface area contributed by atoms with E-state index in [9.17, 15) is 0 Å². The third-order valence-corrected chi connectivity index (χ3v) is 16.4. The Morgan fingerprint density at radius 2 is 0.500 bits per heavy atom. The van der Waals surface area contributed by atoms with E-state index in [2.05, 4.69) is 231 Å². The van der Waals surface area contributed by atoms with Gasteiger partial charge in [-0.1, -0.05) is 224 Å². The van der Waals surface area contributed by atoms with Gasteiger partial charge in [-0.2, -0.15) is 0 Å². The van der Waals surface area contributed by atoms with Crippen LogP contribution in [0.4, 0.5) is 0 Å². The van der Waals surface area contributed by atoms with Crippen LogP contribution in [-0.4, -0.2) is 0 Å². The van der Waals surface area contributed by atoms with E-state index in [1.54, 1.807) is 0 Å². The van der Waals surface area contributed by atoms with Gasteiger partial charge in [0.2, 0.25) is 0 Å². The van der Waals surface area contributed by atoms with Gasteiger partial charge in [0.25, 0.3) is 0 Å². The molecule has 17 rings (SSSR count). The first-order valence-corrected chi connectivity index (χ1v) is 24.6. The van der Waals surface area contributed by atoms with Crippen molar-refractivity contribution in [1.82, 2.24) is 0 Å². The highest BCUT2D eigenvalue weighted by Gasteiger charge is 2.32. The number of benzene rings is 14. The summed E-state index contributed by atoms with van der Waals surface area (Å²) in [6.07, 6.45) is 0. The summed E-state index contributed by atoms with van der Waals surface area (Å²) in [7, 11) is 0. The molecule has 70 heavy (non-hydrogen) atoms. The molecule has 0 unspecified atom stereocenters. The summed E-state index contributed by atoms with van der Waals surface area (Å²) in [5.41, 5.74) is 15.5. The maximum absolute atomic E-state index is 2.54. The molecule has 0 saturated heterocycles. The van der Waals surface area contributed by atoms with E-state index < -0.39 is 0 Å². The van der Waals surface area contributed by atoms with Gasteiger partial charge >= 0.3 is 0 Å². The minimum atomic E-state index is 1.24. The lowest BCUT2D eigenvalue weighted by Gasteiger charge is -2.19. The molecule has 0 aliphatic heterocycles. The van der Waals surface area contributed by atoms with Crippen molar-refractivity contribution >= 4 is 108 Å². The highest BCUT2D eigenvalue weighted by Crippen LogP contribution is 2.60. The van der Waals surface area contributed by atoms with Gasteiger partial charge in [0.05, 0.1) is 0 Å². The fourth-order valence-electron chi connectivity index (χ4n) is 13.8. The van der Waals surface area contributed by atoms with Crippen molar-refractivity contribution in [3.05, 3.63) is 231 Å². The SMILES string of the molecule is c1ccc(-c2ccc(-c3ccccc3)c3c2-c2ccc4c5ccc6c7c(-c8ccccc8)c8cc9c%10ccccc%10c%10cccc(c8c(-c8ccccc8)c7c7ccc(c8ccc-3c2c48)c5c67)c%109)cc1. The Hall–Kier alpha value is -9.10. The summed E-state index contributed by atoms with van der Waals surface area (Å²) < 4.78 is 0. The van der Waals surface area contributed by atoms with Gasteiger partial charge < -0.3 is 0 Å². The third-order valence-electron chi connectivity index (χ3n) is 16.4. The summed E-state index contributed by atoms with van der Waals surface area (Å²) in [5.74, 6) is 0. The Balaban J connectivity index is 1.05. The molecule has 0 atom stereocenters. The molecule has 0 N–H and O–H groups in total. The largest absolute Gasteiger partial charge is 0.0622 e. The highest BCUT2D eigenvalue weighted by molar-refractivity contribution is 6.49. The second kappa shape index (κ2) is 13.3. The van der Waals surface area contributed by atoms with E-state index in [1.165, 1.54) is 174 Å². The molecule has 1 aliphatic rings. The second-order valence-electron chi connectivity index (χ2n) is 19.6. The minimum Gasteiger partial charge on any atom is -0.0622 e. The lowest BCUT2D eigenvalue weighted by molar-refractivity contribution is 1.59. The molecule has 16 aromatic rings. The highest BCUT2D eigenvalue weighted by atomic mass is 14.3. The van der Waals surface area contributed by atoms with Crippen LogP contribution in [0, 0.1) is 0 Å². The zero-order chi connectivity index (χ0) is 45.3. The van der Waals surface area contributed by atoms with Crippen LogP contribution in [0.2, 0.25) is 0 Å². The molecule has 0 amide bonds. The molecule has 0 radical (unpaired) electrons. The van der Waals surface area contributed by atoms with Gasteiger partial charge in [-0.25, -0.2) is 0 Å². The van der Waals surface area contributed by atoms with Crippen LogP contribution in [0.5, 0.6) is 0 Å². The molecule has 0 heteroatoms. The first kappa shape index (κ1) is 37.0. The molecule has 0 aromatic heterocycles. The number of hydrogen-bond donors (Lipinski definition) is 0. The number of hydrogen-bond acceptors (Lipinski definition) is 0. The summed E-state index contributed by atoms with van der Waals surface area (Å²) in [4.78, 5) is 0. The fraction of sp³-hybridized carbons (Fsp3) is 0. The Bertz CT molecular complexity index is 4750. The monoisotopic (exact) mass is 878 g/mol. The smallest absolute Gasteiger partial charge is 0.000718 e. The fourth-order valence-corrected chi connectivity index (χ4v) is 13.8. The van der Waals surface area contributed by atoms with Crippen LogP contribution in [0.25, 0.3) is 174 Å². The zero-order valence-corrected chi connectivity index (χ0v) is 37.9. The van der Waals surface area contributed by atoms with Gasteiger partial charge in [0.1, 0.15) is 0 Å². The van der Waals surface area contributed by atoms with Gasteiger partial charge in [0, 0.05) is 0 Å². The van der Waals surface area contributed by atoms with E-state index >= 15 is 0 Å². The van der Waals surface area contributed by atoms with Gasteiger partial charge in [-0.3, -0.25) is 0 Å². The van der Waals surface area contributed by atoms with Gasteiger partial charge in [-0.05, 0) is 181 Å². The summed E-state index contributed by atoms with van der Waals surface area (Å²) in [6, 6.07) is 87.2. The normalized spacial score (nSPS) is 12.6. The quantitative estimate of drug-likeness (QED) is 0.122. The van der Waals surface area contributed by atoms with Crippen molar-refractivity contribution in [3.8, 4) is 66.8 Å². The first-order chi connectivity index (χ1) is 34.8. The first-order valence-electron chi connectivity index (χ1n) is 24.6. The summed E-state index contributed by atoms with van der Waals surface area (Å²) in [5, 5.41) is 26.6. The molecule has 0 spiro atoms.